The standard InChI is InChI=1S/C29H34N4O3/c1-30(19-20-9-8-17-31-16-7-6-13-24(20)31)26(34)15-18-32-27-21-10-2-3-11-22(21)29(36)33(27)25-14-5-4-12-23(25)28(32)35/h2-5,10-12,14,20,24,27H,6-9,13,15-19H2,1H3/t20-,24+,27+/m0/s1. The zero-order valence-electron chi connectivity index (χ0n) is 20.9. The number of anilines is 1. The lowest BCUT2D eigenvalue weighted by molar-refractivity contribution is -0.131. The molecule has 2 fully saturated rings. The smallest absolute Gasteiger partial charge is 0.260 e. The number of nitrogens with zero attached hydrogens (tertiary/aromatic N) is 4. The first-order chi connectivity index (χ1) is 17.5. The van der Waals surface area contributed by atoms with Crippen LogP contribution < -0.4 is 4.90 Å². The van der Waals surface area contributed by atoms with E-state index in [0.717, 1.165) is 12.1 Å². The van der Waals surface area contributed by atoms with Gasteiger partial charge in [-0.1, -0.05) is 36.8 Å². The summed E-state index contributed by atoms with van der Waals surface area (Å²) < 4.78 is 0. The Morgan fingerprint density at radius 2 is 1.67 bits per heavy atom. The highest BCUT2D eigenvalue weighted by Crippen LogP contribution is 2.45. The molecular formula is C29H34N4O3. The minimum absolute atomic E-state index is 0.0544. The van der Waals surface area contributed by atoms with Crippen LogP contribution in [0, 0.1) is 5.92 Å². The number of fused-ring (bicyclic) bond motifs is 6. The normalized spacial score (nSPS) is 25.2. The highest BCUT2D eigenvalue weighted by molar-refractivity contribution is 6.16. The molecule has 7 heteroatoms. The minimum Gasteiger partial charge on any atom is -0.345 e. The maximum absolute atomic E-state index is 13.6. The molecule has 0 aliphatic carbocycles. The topological polar surface area (TPSA) is 64.2 Å². The Hall–Kier alpha value is -3.19. The Morgan fingerprint density at radius 1 is 0.917 bits per heavy atom. The van der Waals surface area contributed by atoms with Crippen LogP contribution in [0.2, 0.25) is 0 Å². The third-order valence-electron chi connectivity index (χ3n) is 8.61. The third-order valence-corrected chi connectivity index (χ3v) is 8.61. The van der Waals surface area contributed by atoms with E-state index < -0.39 is 6.17 Å². The molecule has 3 atom stereocenters. The van der Waals surface area contributed by atoms with Gasteiger partial charge in [-0.3, -0.25) is 19.3 Å². The number of hydrogen-bond acceptors (Lipinski definition) is 4. The van der Waals surface area contributed by atoms with Gasteiger partial charge in [0.25, 0.3) is 11.8 Å². The zero-order valence-corrected chi connectivity index (χ0v) is 20.9. The van der Waals surface area contributed by atoms with Gasteiger partial charge in [-0.15, -0.1) is 0 Å². The fourth-order valence-electron chi connectivity index (χ4n) is 6.85. The van der Waals surface area contributed by atoms with Crippen molar-refractivity contribution in [1.29, 1.82) is 0 Å². The third kappa shape index (κ3) is 3.81. The van der Waals surface area contributed by atoms with Crippen molar-refractivity contribution in [2.45, 2.75) is 50.7 Å². The Labute approximate surface area is 212 Å². The molecule has 7 nitrogen and oxygen atoms in total. The number of rotatable bonds is 5. The van der Waals surface area contributed by atoms with Gasteiger partial charge in [0.1, 0.15) is 6.17 Å². The van der Waals surface area contributed by atoms with Gasteiger partial charge in [0.15, 0.2) is 0 Å². The Bertz CT molecular complexity index is 1190. The molecule has 6 rings (SSSR count). The average molecular weight is 487 g/mol. The van der Waals surface area contributed by atoms with Crippen molar-refractivity contribution in [3.05, 3.63) is 65.2 Å². The molecule has 4 heterocycles. The van der Waals surface area contributed by atoms with Gasteiger partial charge in [0.2, 0.25) is 5.91 Å². The summed E-state index contributed by atoms with van der Waals surface area (Å²) in [6, 6.07) is 15.4. The molecule has 2 aromatic rings. The summed E-state index contributed by atoms with van der Waals surface area (Å²) in [5, 5.41) is 0. The van der Waals surface area contributed by atoms with Crippen molar-refractivity contribution >= 4 is 23.4 Å². The lowest BCUT2D eigenvalue weighted by Crippen LogP contribution is -2.51. The van der Waals surface area contributed by atoms with E-state index in [9.17, 15) is 14.4 Å². The SMILES string of the molecule is CN(C[C@@H]1CCCN2CCCC[C@H]12)C(=O)CCN1C(=O)c2ccccc2N2C(=O)c3ccccc3[C@H]12. The van der Waals surface area contributed by atoms with E-state index >= 15 is 0 Å². The van der Waals surface area contributed by atoms with Gasteiger partial charge in [0.05, 0.1) is 11.3 Å². The molecule has 0 bridgehead atoms. The van der Waals surface area contributed by atoms with Crippen molar-refractivity contribution in [2.24, 2.45) is 5.92 Å². The fourth-order valence-corrected chi connectivity index (χ4v) is 6.85. The van der Waals surface area contributed by atoms with E-state index in [1.165, 1.54) is 45.2 Å². The Balaban J connectivity index is 1.19. The van der Waals surface area contributed by atoms with E-state index in [1.54, 1.807) is 15.9 Å². The molecule has 0 radical (unpaired) electrons. The van der Waals surface area contributed by atoms with Crippen molar-refractivity contribution in [3.63, 3.8) is 0 Å². The Kier molecular flexibility index (Phi) is 6.04. The van der Waals surface area contributed by atoms with Crippen LogP contribution in [0.4, 0.5) is 5.69 Å². The number of piperidine rings is 2. The van der Waals surface area contributed by atoms with Crippen LogP contribution in [0.1, 0.15) is 71.0 Å². The summed E-state index contributed by atoms with van der Waals surface area (Å²) in [7, 11) is 1.90. The molecule has 188 valence electrons. The molecular weight excluding hydrogens is 452 g/mol. The first-order valence-corrected chi connectivity index (χ1v) is 13.3. The minimum atomic E-state index is -0.511. The molecule has 4 aliphatic heterocycles. The lowest BCUT2D eigenvalue weighted by atomic mass is 9.83. The number of carbonyl (C=O) groups excluding carboxylic acids is 3. The van der Waals surface area contributed by atoms with E-state index in [4.69, 9.17) is 0 Å². The fraction of sp³-hybridized carbons (Fsp3) is 0.483. The molecule has 0 aromatic heterocycles. The van der Waals surface area contributed by atoms with Crippen molar-refractivity contribution in [2.75, 3.05) is 38.1 Å². The summed E-state index contributed by atoms with van der Waals surface area (Å²) in [6.45, 7) is 3.43. The van der Waals surface area contributed by atoms with Crippen LogP contribution in [0.25, 0.3) is 0 Å². The summed E-state index contributed by atoms with van der Waals surface area (Å²) >= 11 is 0. The Morgan fingerprint density at radius 3 is 2.53 bits per heavy atom. The second-order valence-corrected chi connectivity index (χ2v) is 10.7. The first-order valence-electron chi connectivity index (χ1n) is 13.3. The van der Waals surface area contributed by atoms with Crippen LogP contribution in [-0.4, -0.2) is 71.7 Å². The molecule has 3 amide bonds. The predicted octanol–water partition coefficient (Wildman–Crippen LogP) is 3.91. The number of para-hydroxylation sites is 1. The van der Waals surface area contributed by atoms with E-state index in [0.29, 0.717) is 28.8 Å². The predicted molar refractivity (Wildman–Crippen MR) is 138 cm³/mol. The summed E-state index contributed by atoms with van der Waals surface area (Å²) in [6.07, 6.45) is 5.92. The van der Waals surface area contributed by atoms with E-state index in [1.807, 2.05) is 54.4 Å². The maximum Gasteiger partial charge on any atom is 0.260 e. The highest BCUT2D eigenvalue weighted by atomic mass is 16.2. The quantitative estimate of drug-likeness (QED) is 0.643. The van der Waals surface area contributed by atoms with Gasteiger partial charge in [-0.05, 0) is 62.9 Å². The molecule has 0 spiro atoms. The summed E-state index contributed by atoms with van der Waals surface area (Å²) in [5.74, 6) is 0.348. The first kappa shape index (κ1) is 23.2. The molecule has 0 N–H and O–H groups in total. The van der Waals surface area contributed by atoms with Crippen LogP contribution in [0.15, 0.2) is 48.5 Å². The van der Waals surface area contributed by atoms with E-state index in [2.05, 4.69) is 4.90 Å². The van der Waals surface area contributed by atoms with Gasteiger partial charge >= 0.3 is 0 Å². The monoisotopic (exact) mass is 486 g/mol. The van der Waals surface area contributed by atoms with Gasteiger partial charge in [-0.25, -0.2) is 0 Å². The number of hydrogen-bond donors (Lipinski definition) is 0. The molecule has 2 aromatic carbocycles. The van der Waals surface area contributed by atoms with Crippen molar-refractivity contribution in [1.82, 2.24) is 14.7 Å². The summed E-state index contributed by atoms with van der Waals surface area (Å²) in [4.78, 5) is 48.1. The van der Waals surface area contributed by atoms with Crippen LogP contribution in [0.5, 0.6) is 0 Å². The van der Waals surface area contributed by atoms with Gasteiger partial charge in [0, 0.05) is 43.7 Å². The maximum atomic E-state index is 13.6. The number of amides is 3. The zero-order chi connectivity index (χ0) is 24.8. The van der Waals surface area contributed by atoms with Crippen LogP contribution >= 0.6 is 0 Å². The second-order valence-electron chi connectivity index (χ2n) is 10.7. The average Bonchev–Trinajstić information content (AvgIpc) is 3.21. The van der Waals surface area contributed by atoms with Crippen molar-refractivity contribution in [3.8, 4) is 0 Å². The van der Waals surface area contributed by atoms with Gasteiger partial charge < -0.3 is 14.7 Å². The van der Waals surface area contributed by atoms with E-state index in [-0.39, 0.29) is 30.7 Å². The molecule has 0 saturated carbocycles. The molecule has 36 heavy (non-hydrogen) atoms. The number of carbonyl (C=O) groups is 3. The van der Waals surface area contributed by atoms with Crippen molar-refractivity contribution < 1.29 is 14.4 Å². The molecule has 4 aliphatic rings. The summed E-state index contributed by atoms with van der Waals surface area (Å²) in [5.41, 5.74) is 2.60. The lowest BCUT2D eigenvalue weighted by Gasteiger charge is -2.45. The highest BCUT2D eigenvalue weighted by Gasteiger charge is 2.47. The van der Waals surface area contributed by atoms with Crippen LogP contribution in [0.3, 0.4) is 0 Å². The van der Waals surface area contributed by atoms with Crippen LogP contribution in [-0.2, 0) is 4.79 Å². The number of benzene rings is 2. The largest absolute Gasteiger partial charge is 0.345 e. The van der Waals surface area contributed by atoms with Gasteiger partial charge in [-0.2, -0.15) is 0 Å². The molecule has 2 saturated heterocycles. The second kappa shape index (κ2) is 9.36. The molecule has 0 unspecified atom stereocenters.